The number of rotatable bonds is 1. The first kappa shape index (κ1) is 11.8. The van der Waals surface area contributed by atoms with Crippen molar-refractivity contribution < 1.29 is 0 Å². The molecule has 4 nitrogen and oxygen atoms in total. The molecule has 2 heterocycles. The lowest BCUT2D eigenvalue weighted by atomic mass is 10.1. The maximum absolute atomic E-state index is 12.0. The van der Waals surface area contributed by atoms with Gasteiger partial charge in [-0.2, -0.15) is 0 Å². The molecule has 96 valence electrons. The fraction of sp³-hybridized carbons (Fsp3) is 0.267. The van der Waals surface area contributed by atoms with Gasteiger partial charge in [0.2, 0.25) is 0 Å². The highest BCUT2D eigenvalue weighted by Gasteiger charge is 2.10. The second kappa shape index (κ2) is 4.16. The van der Waals surface area contributed by atoms with Gasteiger partial charge in [0, 0.05) is 24.2 Å². The van der Waals surface area contributed by atoms with Crippen LogP contribution in [0.5, 0.6) is 0 Å². The molecule has 0 unspecified atom stereocenters. The lowest BCUT2D eigenvalue weighted by Crippen LogP contribution is -2.08. The van der Waals surface area contributed by atoms with E-state index in [0.29, 0.717) is 5.39 Å². The zero-order chi connectivity index (χ0) is 13.6. The van der Waals surface area contributed by atoms with E-state index in [2.05, 4.69) is 16.9 Å². The molecule has 0 N–H and O–H groups in total. The van der Waals surface area contributed by atoms with E-state index in [0.717, 1.165) is 34.5 Å². The molecule has 3 aromatic rings. The second-order valence-corrected chi connectivity index (χ2v) is 4.69. The van der Waals surface area contributed by atoms with Crippen molar-refractivity contribution >= 4 is 21.9 Å². The quantitative estimate of drug-likeness (QED) is 0.626. The molecule has 3 rings (SSSR count). The number of benzene rings is 1. The molecule has 0 saturated heterocycles. The predicted molar refractivity (Wildman–Crippen MR) is 76.5 cm³/mol. The van der Waals surface area contributed by atoms with Crippen LogP contribution in [0.15, 0.2) is 29.2 Å². The number of hydrogen-bond acceptors (Lipinski definition) is 3. The van der Waals surface area contributed by atoms with Crippen LogP contribution < -0.4 is 5.43 Å². The van der Waals surface area contributed by atoms with Crippen molar-refractivity contribution in [2.45, 2.75) is 27.3 Å². The maximum Gasteiger partial charge on any atom is 0.189 e. The highest BCUT2D eigenvalue weighted by molar-refractivity contribution is 6.01. The molecule has 1 aromatic carbocycles. The molecule has 0 aliphatic carbocycles. The van der Waals surface area contributed by atoms with Crippen molar-refractivity contribution in [1.82, 2.24) is 14.5 Å². The first-order valence-corrected chi connectivity index (χ1v) is 6.39. The maximum atomic E-state index is 12.0. The van der Waals surface area contributed by atoms with Gasteiger partial charge >= 0.3 is 0 Å². The highest BCUT2D eigenvalue weighted by atomic mass is 16.1. The number of aromatic nitrogens is 3. The van der Waals surface area contributed by atoms with Gasteiger partial charge in [0.15, 0.2) is 5.43 Å². The molecule has 0 aliphatic rings. The number of fused-ring (bicyclic) bond motifs is 3. The molecule has 0 atom stereocenters. The first-order chi connectivity index (χ1) is 9.11. The zero-order valence-electron chi connectivity index (χ0n) is 11.3. The van der Waals surface area contributed by atoms with Crippen molar-refractivity contribution in [1.29, 1.82) is 0 Å². The minimum atomic E-state index is 0.0293. The number of pyridine rings is 1. The van der Waals surface area contributed by atoms with Crippen LogP contribution in [0, 0.1) is 13.8 Å². The van der Waals surface area contributed by atoms with Gasteiger partial charge < -0.3 is 4.57 Å². The van der Waals surface area contributed by atoms with E-state index < -0.39 is 0 Å². The van der Waals surface area contributed by atoms with Crippen LogP contribution in [-0.4, -0.2) is 14.5 Å². The summed E-state index contributed by atoms with van der Waals surface area (Å²) >= 11 is 0. The smallest absolute Gasteiger partial charge is 0.189 e. The summed E-state index contributed by atoms with van der Waals surface area (Å²) < 4.78 is 2.04. The summed E-state index contributed by atoms with van der Waals surface area (Å²) in [7, 11) is 0. The molecule has 2 aromatic heterocycles. The van der Waals surface area contributed by atoms with Crippen molar-refractivity contribution in [2.24, 2.45) is 0 Å². The molecular formula is C15H15N3O. The van der Waals surface area contributed by atoms with Gasteiger partial charge in [-0.3, -0.25) is 4.79 Å². The van der Waals surface area contributed by atoms with Crippen LogP contribution in [0.1, 0.15) is 18.3 Å². The minimum absolute atomic E-state index is 0.0293. The first-order valence-electron chi connectivity index (χ1n) is 6.39. The molecule has 0 saturated carbocycles. The molecular weight excluding hydrogens is 238 g/mol. The summed E-state index contributed by atoms with van der Waals surface area (Å²) in [5.41, 5.74) is 4.38. The van der Waals surface area contributed by atoms with E-state index in [1.54, 1.807) is 6.07 Å². The predicted octanol–water partition coefficient (Wildman–Crippen LogP) is 2.58. The fourth-order valence-corrected chi connectivity index (χ4v) is 2.35. The zero-order valence-corrected chi connectivity index (χ0v) is 11.3. The summed E-state index contributed by atoms with van der Waals surface area (Å²) in [6, 6.07) is 5.32. The van der Waals surface area contributed by atoms with E-state index in [1.165, 1.54) is 0 Å². The molecule has 0 radical (unpaired) electrons. The van der Waals surface area contributed by atoms with Crippen molar-refractivity contribution in [3.63, 3.8) is 0 Å². The van der Waals surface area contributed by atoms with Crippen LogP contribution in [0.2, 0.25) is 0 Å². The van der Waals surface area contributed by atoms with Crippen LogP contribution in [0.4, 0.5) is 0 Å². The number of nitrogens with zero attached hydrogens (tertiary/aromatic N) is 3. The third-order valence-corrected chi connectivity index (χ3v) is 3.52. The number of aryl methyl sites for hydroxylation is 3. The Kier molecular flexibility index (Phi) is 2.59. The van der Waals surface area contributed by atoms with Crippen LogP contribution in [-0.2, 0) is 6.54 Å². The Balaban J connectivity index is 2.61. The SMILES string of the molecule is CCn1ccc(=O)c2ccc3nc(C)c(C)nc3c21. The van der Waals surface area contributed by atoms with E-state index in [-0.39, 0.29) is 5.43 Å². The lowest BCUT2D eigenvalue weighted by Gasteiger charge is -2.11. The lowest BCUT2D eigenvalue weighted by molar-refractivity contribution is 0.789. The van der Waals surface area contributed by atoms with Gasteiger partial charge in [-0.05, 0) is 32.9 Å². The minimum Gasteiger partial charge on any atom is -0.346 e. The summed E-state index contributed by atoms with van der Waals surface area (Å²) in [6.07, 6.45) is 1.82. The fourth-order valence-electron chi connectivity index (χ4n) is 2.35. The summed E-state index contributed by atoms with van der Waals surface area (Å²) in [5.74, 6) is 0. The third kappa shape index (κ3) is 1.71. The standard InChI is InChI=1S/C15H15N3O/c1-4-18-8-7-13(19)11-5-6-12-14(15(11)18)17-10(3)9(2)16-12/h5-8H,4H2,1-3H3. The largest absolute Gasteiger partial charge is 0.346 e. The average molecular weight is 253 g/mol. The monoisotopic (exact) mass is 253 g/mol. The Bertz CT molecular complexity index is 849. The Labute approximate surface area is 110 Å². The Morgan fingerprint density at radius 3 is 2.58 bits per heavy atom. The summed E-state index contributed by atoms with van der Waals surface area (Å²) in [5, 5.41) is 0.703. The molecule has 0 aliphatic heterocycles. The van der Waals surface area contributed by atoms with Crippen molar-refractivity contribution in [3.05, 3.63) is 46.0 Å². The van der Waals surface area contributed by atoms with Crippen LogP contribution in [0.25, 0.3) is 21.9 Å². The van der Waals surface area contributed by atoms with E-state index in [1.807, 2.05) is 36.7 Å². The van der Waals surface area contributed by atoms with Gasteiger partial charge in [-0.15, -0.1) is 0 Å². The van der Waals surface area contributed by atoms with E-state index in [9.17, 15) is 4.79 Å². The molecule has 0 spiro atoms. The highest BCUT2D eigenvalue weighted by Crippen LogP contribution is 2.21. The van der Waals surface area contributed by atoms with Gasteiger partial charge in [-0.25, -0.2) is 9.97 Å². The summed E-state index contributed by atoms with van der Waals surface area (Å²) in [6.45, 7) is 6.74. The molecule has 0 fully saturated rings. The molecule has 0 amide bonds. The van der Waals surface area contributed by atoms with Gasteiger partial charge in [0.1, 0.15) is 5.52 Å². The molecule has 19 heavy (non-hydrogen) atoms. The van der Waals surface area contributed by atoms with Crippen LogP contribution >= 0.6 is 0 Å². The average Bonchev–Trinajstić information content (AvgIpc) is 2.40. The molecule has 4 heteroatoms. The normalized spacial score (nSPS) is 11.3. The third-order valence-electron chi connectivity index (χ3n) is 3.52. The summed E-state index contributed by atoms with van der Waals surface area (Å²) in [4.78, 5) is 21.2. The number of hydrogen-bond donors (Lipinski definition) is 0. The van der Waals surface area contributed by atoms with E-state index >= 15 is 0 Å². The van der Waals surface area contributed by atoms with Gasteiger partial charge in [0.25, 0.3) is 0 Å². The molecule has 0 bridgehead atoms. The van der Waals surface area contributed by atoms with Crippen LogP contribution in [0.3, 0.4) is 0 Å². The Hall–Kier alpha value is -2.23. The second-order valence-electron chi connectivity index (χ2n) is 4.69. The van der Waals surface area contributed by atoms with E-state index in [4.69, 9.17) is 0 Å². The van der Waals surface area contributed by atoms with Crippen molar-refractivity contribution in [3.8, 4) is 0 Å². The Morgan fingerprint density at radius 2 is 1.84 bits per heavy atom. The Morgan fingerprint density at radius 1 is 1.11 bits per heavy atom. The van der Waals surface area contributed by atoms with Crippen molar-refractivity contribution in [2.75, 3.05) is 0 Å². The topological polar surface area (TPSA) is 47.8 Å². The van der Waals surface area contributed by atoms with Gasteiger partial charge in [-0.1, -0.05) is 0 Å². The van der Waals surface area contributed by atoms with Gasteiger partial charge in [0.05, 0.1) is 22.4 Å².